The van der Waals surface area contributed by atoms with Crippen molar-refractivity contribution in [3.05, 3.63) is 54.2 Å². The average Bonchev–Trinajstić information content (AvgIpc) is 3.09. The minimum atomic E-state index is 0.544. The standard InChI is InChI=1S/C15H16N4O/c1-11-8-12(15-18-17-10-20-15)5-6-14(11)16-9-13-4-3-7-19(13)2/h3-8,10,16H,9H2,1-2H3. The number of benzene rings is 1. The van der Waals surface area contributed by atoms with Crippen molar-refractivity contribution in [1.29, 1.82) is 0 Å². The van der Waals surface area contributed by atoms with Gasteiger partial charge in [0.05, 0.1) is 6.54 Å². The van der Waals surface area contributed by atoms with Gasteiger partial charge in [0.15, 0.2) is 0 Å². The summed E-state index contributed by atoms with van der Waals surface area (Å²) in [6.45, 7) is 2.86. The van der Waals surface area contributed by atoms with E-state index in [0.717, 1.165) is 23.4 Å². The van der Waals surface area contributed by atoms with Gasteiger partial charge in [0.1, 0.15) is 0 Å². The highest BCUT2D eigenvalue weighted by Crippen LogP contribution is 2.23. The zero-order valence-electron chi connectivity index (χ0n) is 11.5. The van der Waals surface area contributed by atoms with Crippen molar-refractivity contribution in [3.63, 3.8) is 0 Å². The molecule has 2 heterocycles. The summed E-state index contributed by atoms with van der Waals surface area (Å²) >= 11 is 0. The molecule has 0 aliphatic carbocycles. The van der Waals surface area contributed by atoms with Gasteiger partial charge < -0.3 is 14.3 Å². The van der Waals surface area contributed by atoms with Crippen molar-refractivity contribution < 1.29 is 4.42 Å². The highest BCUT2D eigenvalue weighted by Gasteiger charge is 2.06. The van der Waals surface area contributed by atoms with Crippen molar-refractivity contribution in [1.82, 2.24) is 14.8 Å². The number of nitrogens with one attached hydrogen (secondary N) is 1. The van der Waals surface area contributed by atoms with Crippen LogP contribution in [0.2, 0.25) is 0 Å². The summed E-state index contributed by atoms with van der Waals surface area (Å²) in [6.07, 6.45) is 3.38. The first-order valence-electron chi connectivity index (χ1n) is 6.45. The Morgan fingerprint density at radius 1 is 1.30 bits per heavy atom. The number of hydrogen-bond donors (Lipinski definition) is 1. The Kier molecular flexibility index (Phi) is 3.25. The molecule has 0 spiro atoms. The number of rotatable bonds is 4. The smallest absolute Gasteiger partial charge is 0.247 e. The van der Waals surface area contributed by atoms with E-state index in [1.807, 2.05) is 37.5 Å². The fourth-order valence-electron chi connectivity index (χ4n) is 2.16. The van der Waals surface area contributed by atoms with E-state index >= 15 is 0 Å². The molecule has 20 heavy (non-hydrogen) atoms. The fourth-order valence-corrected chi connectivity index (χ4v) is 2.16. The third-order valence-electron chi connectivity index (χ3n) is 3.34. The first-order chi connectivity index (χ1) is 9.74. The van der Waals surface area contributed by atoms with Crippen LogP contribution in [0.1, 0.15) is 11.3 Å². The number of anilines is 1. The zero-order chi connectivity index (χ0) is 13.9. The van der Waals surface area contributed by atoms with Gasteiger partial charge in [-0.1, -0.05) is 0 Å². The van der Waals surface area contributed by atoms with Crippen molar-refractivity contribution in [2.45, 2.75) is 13.5 Å². The van der Waals surface area contributed by atoms with Gasteiger partial charge in [-0.15, -0.1) is 10.2 Å². The molecular formula is C15H16N4O. The predicted octanol–water partition coefficient (Wildman–Crippen LogP) is 3.00. The summed E-state index contributed by atoms with van der Waals surface area (Å²) < 4.78 is 7.31. The Bertz CT molecular complexity index is 700. The highest BCUT2D eigenvalue weighted by molar-refractivity contribution is 5.62. The Labute approximate surface area is 117 Å². The van der Waals surface area contributed by atoms with Gasteiger partial charge in [-0.2, -0.15) is 0 Å². The number of aromatic nitrogens is 3. The maximum atomic E-state index is 5.20. The minimum Gasteiger partial charge on any atom is -0.423 e. The Morgan fingerprint density at radius 3 is 2.85 bits per heavy atom. The van der Waals surface area contributed by atoms with Crippen LogP contribution in [0.4, 0.5) is 5.69 Å². The van der Waals surface area contributed by atoms with Gasteiger partial charge in [-0.3, -0.25) is 0 Å². The van der Waals surface area contributed by atoms with Crippen LogP contribution in [0.25, 0.3) is 11.5 Å². The average molecular weight is 268 g/mol. The lowest BCUT2D eigenvalue weighted by Gasteiger charge is -2.11. The molecule has 1 aromatic carbocycles. The maximum Gasteiger partial charge on any atom is 0.247 e. The number of aryl methyl sites for hydroxylation is 2. The molecule has 0 aliphatic rings. The lowest BCUT2D eigenvalue weighted by Crippen LogP contribution is -2.05. The second-order valence-electron chi connectivity index (χ2n) is 4.74. The molecule has 0 radical (unpaired) electrons. The van der Waals surface area contributed by atoms with Crippen molar-refractivity contribution in [2.24, 2.45) is 7.05 Å². The second kappa shape index (κ2) is 5.21. The molecule has 0 unspecified atom stereocenters. The van der Waals surface area contributed by atoms with Gasteiger partial charge in [-0.25, -0.2) is 0 Å². The Hall–Kier alpha value is -2.56. The summed E-state index contributed by atoms with van der Waals surface area (Å²) in [5, 5.41) is 11.1. The molecule has 3 aromatic rings. The topological polar surface area (TPSA) is 55.9 Å². The molecule has 5 heteroatoms. The quantitative estimate of drug-likeness (QED) is 0.790. The third kappa shape index (κ3) is 2.42. The SMILES string of the molecule is Cc1cc(-c2nnco2)ccc1NCc1cccn1C. The van der Waals surface area contributed by atoms with E-state index < -0.39 is 0 Å². The van der Waals surface area contributed by atoms with E-state index in [4.69, 9.17) is 4.42 Å². The molecule has 0 fully saturated rings. The fraction of sp³-hybridized carbons (Fsp3) is 0.200. The monoisotopic (exact) mass is 268 g/mol. The van der Waals surface area contributed by atoms with Crippen molar-refractivity contribution in [3.8, 4) is 11.5 Å². The summed E-state index contributed by atoms with van der Waals surface area (Å²) in [5.74, 6) is 0.544. The van der Waals surface area contributed by atoms with Crippen molar-refractivity contribution >= 4 is 5.69 Å². The van der Waals surface area contributed by atoms with E-state index in [0.29, 0.717) is 5.89 Å². The zero-order valence-corrected chi connectivity index (χ0v) is 11.5. The van der Waals surface area contributed by atoms with Gasteiger partial charge in [0.25, 0.3) is 0 Å². The first-order valence-corrected chi connectivity index (χ1v) is 6.45. The first kappa shape index (κ1) is 12.5. The van der Waals surface area contributed by atoms with Crippen LogP contribution in [0, 0.1) is 6.92 Å². The molecule has 2 aromatic heterocycles. The predicted molar refractivity (Wildman–Crippen MR) is 77.2 cm³/mol. The van der Waals surface area contributed by atoms with E-state index in [2.05, 4.69) is 33.1 Å². The van der Waals surface area contributed by atoms with E-state index in [9.17, 15) is 0 Å². The second-order valence-corrected chi connectivity index (χ2v) is 4.74. The van der Waals surface area contributed by atoms with E-state index in [1.165, 1.54) is 12.1 Å². The molecule has 5 nitrogen and oxygen atoms in total. The Morgan fingerprint density at radius 2 is 2.20 bits per heavy atom. The van der Waals surface area contributed by atoms with E-state index in [-0.39, 0.29) is 0 Å². The largest absolute Gasteiger partial charge is 0.423 e. The molecule has 0 saturated carbocycles. The van der Waals surface area contributed by atoms with Crippen LogP contribution in [0.3, 0.4) is 0 Å². The maximum absolute atomic E-state index is 5.20. The Balaban J connectivity index is 1.76. The van der Waals surface area contributed by atoms with Crippen molar-refractivity contribution in [2.75, 3.05) is 5.32 Å². The summed E-state index contributed by atoms with van der Waals surface area (Å²) in [4.78, 5) is 0. The van der Waals surface area contributed by atoms with Gasteiger partial charge in [-0.05, 0) is 42.8 Å². The normalized spacial score (nSPS) is 10.7. The molecule has 102 valence electrons. The van der Waals surface area contributed by atoms with Gasteiger partial charge >= 0.3 is 0 Å². The molecular weight excluding hydrogens is 252 g/mol. The van der Waals surface area contributed by atoms with Crippen LogP contribution in [0.5, 0.6) is 0 Å². The molecule has 0 bridgehead atoms. The van der Waals surface area contributed by atoms with Crippen LogP contribution >= 0.6 is 0 Å². The molecule has 3 rings (SSSR count). The molecule has 0 aliphatic heterocycles. The lowest BCUT2D eigenvalue weighted by molar-refractivity contribution is 0.568. The minimum absolute atomic E-state index is 0.544. The van der Waals surface area contributed by atoms with Crippen LogP contribution in [-0.4, -0.2) is 14.8 Å². The third-order valence-corrected chi connectivity index (χ3v) is 3.34. The molecule has 0 saturated heterocycles. The molecule has 0 atom stereocenters. The van der Waals surface area contributed by atoms with E-state index in [1.54, 1.807) is 0 Å². The van der Waals surface area contributed by atoms with Crippen LogP contribution in [-0.2, 0) is 13.6 Å². The number of hydrogen-bond acceptors (Lipinski definition) is 4. The molecule has 0 amide bonds. The summed E-state index contributed by atoms with van der Waals surface area (Å²) in [7, 11) is 2.04. The van der Waals surface area contributed by atoms with Gasteiger partial charge in [0, 0.05) is 30.2 Å². The molecule has 1 N–H and O–H groups in total. The number of nitrogens with zero attached hydrogens (tertiary/aromatic N) is 3. The lowest BCUT2D eigenvalue weighted by atomic mass is 10.1. The highest BCUT2D eigenvalue weighted by atomic mass is 16.4. The summed E-state index contributed by atoms with van der Waals surface area (Å²) in [6, 6.07) is 10.2. The van der Waals surface area contributed by atoms with Crippen LogP contribution < -0.4 is 5.32 Å². The van der Waals surface area contributed by atoms with Gasteiger partial charge in [0.2, 0.25) is 12.3 Å². The summed E-state index contributed by atoms with van der Waals surface area (Å²) in [5.41, 5.74) is 4.43. The van der Waals surface area contributed by atoms with Crippen LogP contribution in [0.15, 0.2) is 47.3 Å².